The third kappa shape index (κ3) is 3.64. The van der Waals surface area contributed by atoms with E-state index in [0.29, 0.717) is 34.4 Å². The molecule has 31 heavy (non-hydrogen) atoms. The summed E-state index contributed by atoms with van der Waals surface area (Å²) in [7, 11) is 1.35. The predicted molar refractivity (Wildman–Crippen MR) is 119 cm³/mol. The summed E-state index contributed by atoms with van der Waals surface area (Å²) in [5.41, 5.74) is 3.68. The predicted octanol–water partition coefficient (Wildman–Crippen LogP) is 4.55. The molecule has 6 nitrogen and oxygen atoms in total. The lowest BCUT2D eigenvalue weighted by molar-refractivity contribution is 0.0600. The van der Waals surface area contributed by atoms with Gasteiger partial charge in [0.15, 0.2) is 0 Å². The van der Waals surface area contributed by atoms with Crippen LogP contribution in [0.25, 0.3) is 16.9 Å². The van der Waals surface area contributed by atoms with Crippen molar-refractivity contribution in [2.45, 2.75) is 25.3 Å². The lowest BCUT2D eigenvalue weighted by atomic mass is 10.1. The van der Waals surface area contributed by atoms with Crippen molar-refractivity contribution in [2.24, 2.45) is 0 Å². The van der Waals surface area contributed by atoms with E-state index in [-0.39, 0.29) is 5.69 Å². The Labute approximate surface area is 183 Å². The third-order valence-electron chi connectivity index (χ3n) is 5.63. The van der Waals surface area contributed by atoms with Crippen LogP contribution in [0, 0.1) is 0 Å². The van der Waals surface area contributed by atoms with Crippen molar-refractivity contribution in [1.82, 2.24) is 14.1 Å². The molecule has 4 aromatic rings. The molecule has 2 aromatic heterocycles. The molecule has 156 valence electrons. The first-order chi connectivity index (χ1) is 15.0. The van der Waals surface area contributed by atoms with E-state index in [1.54, 1.807) is 39.5 Å². The number of hydrogen-bond donors (Lipinski definition) is 0. The standard InChI is InChI=1S/C24H20ClN3O3/c1-31-23(29)17-4-2-3-15(11-17)14-27-20-9-8-19(25)12-21(20)28(24(27)30)22-10-7-18(13-26-22)16-5-6-16/h2-4,7-13,16H,5-6,14H2,1H3. The lowest BCUT2D eigenvalue weighted by Gasteiger charge is -2.06. The van der Waals surface area contributed by atoms with Crippen LogP contribution >= 0.6 is 11.6 Å². The number of carbonyl (C=O) groups excluding carboxylic acids is 1. The number of fused-ring (bicyclic) bond motifs is 1. The highest BCUT2D eigenvalue weighted by molar-refractivity contribution is 6.31. The molecule has 1 fully saturated rings. The highest BCUT2D eigenvalue weighted by atomic mass is 35.5. The Bertz CT molecular complexity index is 1350. The zero-order chi connectivity index (χ0) is 21.5. The Kier molecular flexibility index (Phi) is 4.87. The third-order valence-corrected chi connectivity index (χ3v) is 5.86. The number of carbonyl (C=O) groups is 1. The SMILES string of the molecule is COC(=O)c1cccc(Cn2c(=O)n(-c3ccc(C4CC4)cn3)c3cc(Cl)ccc32)c1. The van der Waals surface area contributed by atoms with Gasteiger partial charge in [0.1, 0.15) is 5.82 Å². The first-order valence-corrected chi connectivity index (χ1v) is 10.5. The van der Waals surface area contributed by atoms with Gasteiger partial charge >= 0.3 is 11.7 Å². The fourth-order valence-corrected chi connectivity index (χ4v) is 4.06. The summed E-state index contributed by atoms with van der Waals surface area (Å²) in [4.78, 5) is 29.9. The number of imidazole rings is 1. The van der Waals surface area contributed by atoms with E-state index >= 15 is 0 Å². The molecule has 1 aliphatic carbocycles. The van der Waals surface area contributed by atoms with E-state index in [0.717, 1.165) is 11.1 Å². The second-order valence-electron chi connectivity index (χ2n) is 7.75. The number of methoxy groups -OCH3 is 1. The van der Waals surface area contributed by atoms with Gasteiger partial charge in [-0.25, -0.2) is 19.1 Å². The molecule has 0 N–H and O–H groups in total. The van der Waals surface area contributed by atoms with Crippen molar-refractivity contribution in [3.05, 3.63) is 93.0 Å². The maximum absolute atomic E-state index is 13.5. The van der Waals surface area contributed by atoms with Gasteiger partial charge in [-0.1, -0.05) is 29.8 Å². The topological polar surface area (TPSA) is 66.1 Å². The second-order valence-corrected chi connectivity index (χ2v) is 8.19. The molecule has 0 bridgehead atoms. The van der Waals surface area contributed by atoms with Gasteiger partial charge in [-0.05, 0) is 66.3 Å². The normalized spacial score (nSPS) is 13.5. The smallest absolute Gasteiger partial charge is 0.337 e. The minimum absolute atomic E-state index is 0.215. The second kappa shape index (κ2) is 7.71. The number of hydrogen-bond acceptors (Lipinski definition) is 4. The van der Waals surface area contributed by atoms with Gasteiger partial charge in [0, 0.05) is 11.2 Å². The van der Waals surface area contributed by atoms with Gasteiger partial charge in [0.2, 0.25) is 0 Å². The van der Waals surface area contributed by atoms with Gasteiger partial charge in [-0.15, -0.1) is 0 Å². The Morgan fingerprint density at radius 2 is 1.97 bits per heavy atom. The molecular weight excluding hydrogens is 414 g/mol. The summed E-state index contributed by atoms with van der Waals surface area (Å²) in [6, 6.07) is 16.4. The Balaban J connectivity index is 1.62. The van der Waals surface area contributed by atoms with Crippen LogP contribution in [-0.4, -0.2) is 27.2 Å². The number of rotatable bonds is 5. The van der Waals surface area contributed by atoms with Crippen LogP contribution in [-0.2, 0) is 11.3 Å². The van der Waals surface area contributed by atoms with Crippen LogP contribution in [0.3, 0.4) is 0 Å². The van der Waals surface area contributed by atoms with Crippen LogP contribution in [0.5, 0.6) is 0 Å². The minimum atomic E-state index is -0.414. The fourth-order valence-electron chi connectivity index (χ4n) is 3.89. The first-order valence-electron chi connectivity index (χ1n) is 10.1. The molecule has 0 unspecified atom stereocenters. The van der Waals surface area contributed by atoms with Crippen molar-refractivity contribution >= 4 is 28.6 Å². The molecule has 5 rings (SSSR count). The van der Waals surface area contributed by atoms with Crippen LogP contribution in [0.4, 0.5) is 0 Å². The Morgan fingerprint density at radius 1 is 1.13 bits per heavy atom. The largest absolute Gasteiger partial charge is 0.465 e. The van der Waals surface area contributed by atoms with Crippen molar-refractivity contribution < 1.29 is 9.53 Å². The molecule has 2 aromatic carbocycles. The summed E-state index contributed by atoms with van der Waals surface area (Å²) in [5.74, 6) is 0.739. The molecule has 0 radical (unpaired) electrons. The van der Waals surface area contributed by atoms with Gasteiger partial charge in [-0.2, -0.15) is 0 Å². The molecule has 1 saturated carbocycles. The zero-order valence-electron chi connectivity index (χ0n) is 16.9. The molecule has 7 heteroatoms. The highest BCUT2D eigenvalue weighted by Gasteiger charge is 2.24. The molecule has 0 spiro atoms. The van der Waals surface area contributed by atoms with Gasteiger partial charge in [-0.3, -0.25) is 4.57 Å². The van der Waals surface area contributed by atoms with Crippen LogP contribution in [0.2, 0.25) is 5.02 Å². The van der Waals surface area contributed by atoms with Gasteiger partial charge < -0.3 is 4.74 Å². The molecular formula is C24H20ClN3O3. The number of aromatic nitrogens is 3. The molecule has 0 amide bonds. The summed E-state index contributed by atoms with van der Waals surface area (Å²) >= 11 is 6.25. The molecule has 2 heterocycles. The molecule has 0 atom stereocenters. The van der Waals surface area contributed by atoms with E-state index in [2.05, 4.69) is 4.98 Å². The molecule has 0 aliphatic heterocycles. The quantitative estimate of drug-likeness (QED) is 0.433. The number of benzene rings is 2. The van der Waals surface area contributed by atoms with E-state index < -0.39 is 5.97 Å². The average Bonchev–Trinajstić information content (AvgIpc) is 3.60. The number of nitrogens with zero attached hydrogens (tertiary/aromatic N) is 3. The van der Waals surface area contributed by atoms with E-state index in [1.807, 2.05) is 30.5 Å². The monoisotopic (exact) mass is 433 g/mol. The van der Waals surface area contributed by atoms with E-state index in [1.165, 1.54) is 25.5 Å². The average molecular weight is 434 g/mol. The summed E-state index contributed by atoms with van der Waals surface area (Å²) in [5, 5.41) is 0.542. The van der Waals surface area contributed by atoms with Crippen molar-refractivity contribution in [2.75, 3.05) is 7.11 Å². The van der Waals surface area contributed by atoms with Crippen LogP contribution in [0.15, 0.2) is 65.6 Å². The van der Waals surface area contributed by atoms with Crippen LogP contribution in [0.1, 0.15) is 40.2 Å². The summed E-state index contributed by atoms with van der Waals surface area (Å²) < 4.78 is 8.06. The minimum Gasteiger partial charge on any atom is -0.465 e. The lowest BCUT2D eigenvalue weighted by Crippen LogP contribution is -2.24. The Morgan fingerprint density at radius 3 is 2.68 bits per heavy atom. The van der Waals surface area contributed by atoms with Crippen molar-refractivity contribution in [3.63, 3.8) is 0 Å². The Hall–Kier alpha value is -3.38. The number of halogens is 1. The van der Waals surface area contributed by atoms with Crippen molar-refractivity contribution in [3.8, 4) is 5.82 Å². The fraction of sp³-hybridized carbons (Fsp3) is 0.208. The maximum Gasteiger partial charge on any atom is 0.337 e. The highest BCUT2D eigenvalue weighted by Crippen LogP contribution is 2.39. The first kappa shape index (κ1) is 19.6. The molecule has 0 saturated heterocycles. The van der Waals surface area contributed by atoms with Gasteiger partial charge in [0.05, 0.1) is 30.3 Å². The molecule has 1 aliphatic rings. The number of ether oxygens (including phenoxy) is 1. The number of pyridine rings is 1. The number of esters is 1. The van der Waals surface area contributed by atoms with E-state index in [4.69, 9.17) is 16.3 Å². The maximum atomic E-state index is 13.5. The van der Waals surface area contributed by atoms with Gasteiger partial charge in [0.25, 0.3) is 0 Å². The van der Waals surface area contributed by atoms with Crippen molar-refractivity contribution in [1.29, 1.82) is 0 Å². The van der Waals surface area contributed by atoms with E-state index in [9.17, 15) is 9.59 Å². The summed E-state index contributed by atoms with van der Waals surface area (Å²) in [6.45, 7) is 0.301. The van der Waals surface area contributed by atoms with Crippen LogP contribution < -0.4 is 5.69 Å². The summed E-state index contributed by atoms with van der Waals surface area (Å²) in [6.07, 6.45) is 4.24. The zero-order valence-corrected chi connectivity index (χ0v) is 17.7.